The topological polar surface area (TPSA) is 0 Å². The van der Waals surface area contributed by atoms with Crippen LogP contribution in [0.2, 0.25) is 0 Å². The molecule has 0 saturated carbocycles. The van der Waals surface area contributed by atoms with Crippen LogP contribution >= 0.6 is 0 Å². The summed E-state index contributed by atoms with van der Waals surface area (Å²) in [5.41, 5.74) is 1.73. The summed E-state index contributed by atoms with van der Waals surface area (Å²) in [4.78, 5) is 0. The summed E-state index contributed by atoms with van der Waals surface area (Å²) in [6.07, 6.45) is 9.24. The predicted octanol–water partition coefficient (Wildman–Crippen LogP) is 5.83. The molecule has 0 nitrogen and oxygen atoms in total. The fraction of sp³-hybridized carbons (Fsp3) is 0.867. The van der Waals surface area contributed by atoms with E-state index in [1.165, 1.54) is 32.1 Å². The molecule has 0 aliphatic heterocycles. The summed E-state index contributed by atoms with van der Waals surface area (Å²) in [5.74, 6) is 1.85. The molecule has 1 aliphatic carbocycles. The highest BCUT2D eigenvalue weighted by Crippen LogP contribution is 2.34. The van der Waals surface area contributed by atoms with Crippen molar-refractivity contribution < 1.29 is 0 Å². The van der Waals surface area contributed by atoms with Crippen LogP contribution in [-0.4, -0.2) is 0 Å². The molecule has 0 aromatic carbocycles. The van der Waals surface area contributed by atoms with E-state index in [1.54, 1.807) is 5.57 Å². The van der Waals surface area contributed by atoms with Crippen molar-refractivity contribution in [3.63, 3.8) is 0 Å². The summed E-state index contributed by atoms with van der Waals surface area (Å²) in [6, 6.07) is 0. The third kappa shape index (κ3) is 5.39. The molecule has 0 spiro atoms. The summed E-state index contributed by atoms with van der Waals surface area (Å²) in [7, 11) is 0. The minimum atomic E-state index is 0. The fourth-order valence-corrected chi connectivity index (χ4v) is 2.44. The largest absolute Gasteiger partial charge is 0.0850 e. The summed E-state index contributed by atoms with van der Waals surface area (Å²) >= 11 is 0. The predicted molar refractivity (Wildman–Crippen MR) is 73.2 cm³/mol. The first-order valence-corrected chi connectivity index (χ1v) is 6.48. The van der Waals surface area contributed by atoms with E-state index < -0.39 is 0 Å². The summed E-state index contributed by atoms with van der Waals surface area (Å²) in [5, 5.41) is 0. The molecule has 15 heavy (non-hydrogen) atoms. The summed E-state index contributed by atoms with van der Waals surface area (Å²) in [6.45, 7) is 11.0. The van der Waals surface area contributed by atoms with Crippen molar-refractivity contribution in [2.75, 3.05) is 0 Å². The average Bonchev–Trinajstić information content (AvgIpc) is 2.24. The van der Waals surface area contributed by atoms with Gasteiger partial charge in [-0.15, -0.1) is 0 Å². The first-order chi connectivity index (χ1) is 6.79. The van der Waals surface area contributed by atoms with E-state index in [4.69, 9.17) is 0 Å². The molecule has 0 aromatic rings. The Bertz CT molecular complexity index is 155. The lowest BCUT2D eigenvalue weighted by molar-refractivity contribution is 0.338. The van der Waals surface area contributed by atoms with Crippen molar-refractivity contribution in [3.05, 3.63) is 11.6 Å². The van der Waals surface area contributed by atoms with Gasteiger partial charge in [0, 0.05) is 0 Å². The Kier molecular flexibility index (Phi) is 11.7. The Morgan fingerprint density at radius 1 is 1.27 bits per heavy atom. The van der Waals surface area contributed by atoms with Gasteiger partial charge in [-0.3, -0.25) is 0 Å². The molecule has 0 heteroatoms. The number of rotatable bonds is 3. The second kappa shape index (κ2) is 10.3. The van der Waals surface area contributed by atoms with Crippen LogP contribution in [0.5, 0.6) is 0 Å². The maximum atomic E-state index is 2.49. The van der Waals surface area contributed by atoms with Gasteiger partial charge in [0.25, 0.3) is 0 Å². The van der Waals surface area contributed by atoms with Crippen LogP contribution in [0.15, 0.2) is 11.6 Å². The minimum Gasteiger partial charge on any atom is -0.0850 e. The maximum Gasteiger partial charge on any atom is -0.0178 e. The monoisotopic (exact) mass is 212 g/mol. The number of allylic oxidation sites excluding steroid dienone is 2. The molecule has 2 unspecified atom stereocenters. The second-order valence-electron chi connectivity index (χ2n) is 4.08. The molecule has 92 valence electrons. The van der Waals surface area contributed by atoms with Gasteiger partial charge in [-0.2, -0.15) is 0 Å². The van der Waals surface area contributed by atoms with Crippen LogP contribution in [0.25, 0.3) is 0 Å². The van der Waals surface area contributed by atoms with Gasteiger partial charge in [0.15, 0.2) is 0 Å². The van der Waals surface area contributed by atoms with Crippen molar-refractivity contribution in [2.24, 2.45) is 11.8 Å². The lowest BCUT2D eigenvalue weighted by atomic mass is 9.76. The van der Waals surface area contributed by atoms with Crippen molar-refractivity contribution in [3.8, 4) is 0 Å². The van der Waals surface area contributed by atoms with Gasteiger partial charge in [-0.1, -0.05) is 60.1 Å². The molecular weight excluding hydrogens is 180 g/mol. The molecule has 1 aliphatic rings. The zero-order valence-corrected chi connectivity index (χ0v) is 10.8. The van der Waals surface area contributed by atoms with Gasteiger partial charge < -0.3 is 0 Å². The van der Waals surface area contributed by atoms with E-state index in [9.17, 15) is 0 Å². The minimum absolute atomic E-state index is 0. The SMILES string of the molecule is C.CC.CCCC1C(CC)=CCCC1C. The lowest BCUT2D eigenvalue weighted by Crippen LogP contribution is -2.17. The van der Waals surface area contributed by atoms with Gasteiger partial charge >= 0.3 is 0 Å². The Labute approximate surface area is 98.2 Å². The van der Waals surface area contributed by atoms with Crippen LogP contribution in [0.3, 0.4) is 0 Å². The summed E-state index contributed by atoms with van der Waals surface area (Å²) < 4.78 is 0. The van der Waals surface area contributed by atoms with Gasteiger partial charge in [0.2, 0.25) is 0 Å². The van der Waals surface area contributed by atoms with Gasteiger partial charge in [0.1, 0.15) is 0 Å². The normalized spacial score (nSPS) is 24.5. The van der Waals surface area contributed by atoms with E-state index in [0.717, 1.165) is 11.8 Å². The first kappa shape index (κ1) is 17.1. The highest BCUT2D eigenvalue weighted by molar-refractivity contribution is 5.10. The Hall–Kier alpha value is -0.260. The highest BCUT2D eigenvalue weighted by Gasteiger charge is 2.22. The molecule has 1 rings (SSSR count). The van der Waals surface area contributed by atoms with Gasteiger partial charge in [-0.25, -0.2) is 0 Å². The standard InChI is InChI=1S/C12H22.C2H6.CH4/c1-4-7-12-10(3)8-6-9-11(12)5-2;1-2;/h9-10,12H,4-8H2,1-3H3;1-2H3;1H4. The van der Waals surface area contributed by atoms with Crippen LogP contribution in [0, 0.1) is 11.8 Å². The van der Waals surface area contributed by atoms with Crippen LogP contribution in [0.4, 0.5) is 0 Å². The Morgan fingerprint density at radius 3 is 2.33 bits per heavy atom. The smallest absolute Gasteiger partial charge is 0.0178 e. The zero-order chi connectivity index (χ0) is 11.0. The maximum absolute atomic E-state index is 2.49. The number of hydrogen-bond acceptors (Lipinski definition) is 0. The Morgan fingerprint density at radius 2 is 1.87 bits per heavy atom. The third-order valence-electron chi connectivity index (χ3n) is 3.20. The number of hydrogen-bond donors (Lipinski definition) is 0. The van der Waals surface area contributed by atoms with Crippen LogP contribution < -0.4 is 0 Å². The molecule has 0 heterocycles. The van der Waals surface area contributed by atoms with Crippen molar-refractivity contribution in [1.29, 1.82) is 0 Å². The highest BCUT2D eigenvalue weighted by atomic mass is 14.3. The van der Waals surface area contributed by atoms with E-state index in [-0.39, 0.29) is 7.43 Å². The first-order valence-electron chi connectivity index (χ1n) is 6.48. The van der Waals surface area contributed by atoms with Gasteiger partial charge in [0.05, 0.1) is 0 Å². The van der Waals surface area contributed by atoms with E-state index in [1.807, 2.05) is 13.8 Å². The third-order valence-corrected chi connectivity index (χ3v) is 3.20. The van der Waals surface area contributed by atoms with Crippen molar-refractivity contribution >= 4 is 0 Å². The van der Waals surface area contributed by atoms with Crippen molar-refractivity contribution in [2.45, 2.75) is 74.1 Å². The molecule has 2 atom stereocenters. The zero-order valence-electron chi connectivity index (χ0n) is 10.8. The molecular formula is C15H32. The van der Waals surface area contributed by atoms with Crippen LogP contribution in [0.1, 0.15) is 74.1 Å². The van der Waals surface area contributed by atoms with E-state index >= 15 is 0 Å². The average molecular weight is 212 g/mol. The molecule has 0 N–H and O–H groups in total. The van der Waals surface area contributed by atoms with Crippen LogP contribution in [-0.2, 0) is 0 Å². The Balaban J connectivity index is 0. The quantitative estimate of drug-likeness (QED) is 0.516. The molecule has 0 fully saturated rings. The fourth-order valence-electron chi connectivity index (χ4n) is 2.44. The molecule has 0 radical (unpaired) electrons. The molecule has 0 aromatic heterocycles. The van der Waals surface area contributed by atoms with Crippen molar-refractivity contribution in [1.82, 2.24) is 0 Å². The lowest BCUT2D eigenvalue weighted by Gasteiger charge is -2.29. The second-order valence-corrected chi connectivity index (χ2v) is 4.08. The molecule has 0 amide bonds. The molecule has 0 bridgehead atoms. The van der Waals surface area contributed by atoms with Gasteiger partial charge in [-0.05, 0) is 37.5 Å². The van der Waals surface area contributed by atoms with E-state index in [0.29, 0.717) is 0 Å². The molecule has 0 saturated heterocycles. The van der Waals surface area contributed by atoms with E-state index in [2.05, 4.69) is 26.8 Å².